The lowest BCUT2D eigenvalue weighted by Crippen LogP contribution is -2.44. The standard InChI is InChI=1S/C23H30N8O2.C2H2/c1-29-8-10-30(11-9-29)19-4-5-20(25-14-19)27-23-26-13-17(12-16-6-7-24-22(16)33)21(28-23)31(15-32)18-2-3-18;1-2/h4-5,13-16,18H,2-3,6-12H2,1H3,(H,24,33)(H,25,26,27,28);1-2H. The van der Waals surface area contributed by atoms with Gasteiger partial charge < -0.3 is 20.4 Å². The van der Waals surface area contributed by atoms with E-state index < -0.39 is 0 Å². The van der Waals surface area contributed by atoms with Crippen molar-refractivity contribution in [3.05, 3.63) is 30.1 Å². The van der Waals surface area contributed by atoms with Crippen LogP contribution >= 0.6 is 0 Å². The van der Waals surface area contributed by atoms with Crippen molar-refractivity contribution in [1.82, 2.24) is 25.2 Å². The number of likely N-dealkylation sites (N-methyl/N-ethyl adjacent to an activating group) is 1. The van der Waals surface area contributed by atoms with E-state index in [1.54, 1.807) is 11.1 Å². The Bertz CT molecular complexity index is 1050. The number of aromatic nitrogens is 3. The third-order valence-corrected chi connectivity index (χ3v) is 6.63. The summed E-state index contributed by atoms with van der Waals surface area (Å²) in [6.07, 6.45) is 15.7. The Labute approximate surface area is 206 Å². The van der Waals surface area contributed by atoms with Gasteiger partial charge in [0.15, 0.2) is 0 Å². The average Bonchev–Trinajstić information content (AvgIpc) is 3.65. The fourth-order valence-electron chi connectivity index (χ4n) is 4.42. The third-order valence-electron chi connectivity index (χ3n) is 6.63. The molecule has 5 rings (SSSR count). The van der Waals surface area contributed by atoms with E-state index in [-0.39, 0.29) is 17.9 Å². The predicted octanol–water partition coefficient (Wildman–Crippen LogP) is 1.42. The molecule has 2 aliphatic heterocycles. The van der Waals surface area contributed by atoms with E-state index in [1.807, 2.05) is 12.3 Å². The van der Waals surface area contributed by atoms with Crippen molar-refractivity contribution in [2.75, 3.05) is 54.9 Å². The van der Waals surface area contributed by atoms with E-state index >= 15 is 0 Å². The van der Waals surface area contributed by atoms with Gasteiger partial charge in [-0.3, -0.25) is 14.5 Å². The van der Waals surface area contributed by atoms with Crippen LogP contribution in [-0.2, 0) is 16.0 Å². The third kappa shape index (κ3) is 5.87. The second-order valence-corrected chi connectivity index (χ2v) is 9.08. The van der Waals surface area contributed by atoms with Gasteiger partial charge in [-0.1, -0.05) is 0 Å². The highest BCUT2D eigenvalue weighted by Gasteiger charge is 2.33. The van der Waals surface area contributed by atoms with Crippen LogP contribution in [0.5, 0.6) is 0 Å². The summed E-state index contributed by atoms with van der Waals surface area (Å²) in [6, 6.07) is 4.14. The van der Waals surface area contributed by atoms with E-state index in [2.05, 4.69) is 61.3 Å². The number of carbonyl (C=O) groups is 2. The van der Waals surface area contributed by atoms with Crippen molar-refractivity contribution in [2.45, 2.75) is 31.7 Å². The van der Waals surface area contributed by atoms with Crippen LogP contribution in [0, 0.1) is 18.8 Å². The Hall–Kier alpha value is -3.71. The summed E-state index contributed by atoms with van der Waals surface area (Å²) in [7, 11) is 2.14. The monoisotopic (exact) mass is 476 g/mol. The molecule has 35 heavy (non-hydrogen) atoms. The van der Waals surface area contributed by atoms with Crippen LogP contribution in [-0.4, -0.2) is 78.0 Å². The van der Waals surface area contributed by atoms with Gasteiger partial charge in [-0.15, -0.1) is 12.8 Å². The summed E-state index contributed by atoms with van der Waals surface area (Å²) in [5, 5.41) is 6.04. The minimum atomic E-state index is -0.109. The normalized spacial score (nSPS) is 19.9. The molecule has 1 unspecified atom stereocenters. The first-order valence-corrected chi connectivity index (χ1v) is 12.0. The van der Waals surface area contributed by atoms with Crippen molar-refractivity contribution in [1.29, 1.82) is 0 Å². The maximum atomic E-state index is 12.1. The van der Waals surface area contributed by atoms with E-state index in [1.165, 1.54) is 0 Å². The van der Waals surface area contributed by atoms with Gasteiger partial charge in [-0.05, 0) is 44.9 Å². The molecule has 3 fully saturated rings. The molecular weight excluding hydrogens is 444 g/mol. The summed E-state index contributed by atoms with van der Waals surface area (Å²) < 4.78 is 0. The first kappa shape index (κ1) is 24.4. The van der Waals surface area contributed by atoms with Crippen LogP contribution in [0.3, 0.4) is 0 Å². The predicted molar refractivity (Wildman–Crippen MR) is 136 cm³/mol. The van der Waals surface area contributed by atoms with Crippen molar-refractivity contribution in [2.24, 2.45) is 5.92 Å². The van der Waals surface area contributed by atoms with Gasteiger partial charge >= 0.3 is 0 Å². The highest BCUT2D eigenvalue weighted by Crippen LogP contribution is 2.33. The number of nitrogens with zero attached hydrogens (tertiary/aromatic N) is 6. The summed E-state index contributed by atoms with van der Waals surface area (Å²) in [4.78, 5) is 44.0. The Morgan fingerprint density at radius 1 is 1.14 bits per heavy atom. The maximum Gasteiger partial charge on any atom is 0.230 e. The fraction of sp³-hybridized carbons (Fsp3) is 0.480. The molecule has 10 heteroatoms. The summed E-state index contributed by atoms with van der Waals surface area (Å²) >= 11 is 0. The summed E-state index contributed by atoms with van der Waals surface area (Å²) in [5.74, 6) is 1.56. The maximum absolute atomic E-state index is 12.1. The molecule has 3 aliphatic rings. The SMILES string of the molecule is C#C.CN1CCN(c2ccc(Nc3ncc(CC4CCNC4=O)c(N(C=O)C4CC4)n3)nc2)CC1. The molecule has 2 N–H and O–H groups in total. The van der Waals surface area contributed by atoms with Gasteiger partial charge in [0.25, 0.3) is 0 Å². The molecule has 1 atom stereocenters. The highest BCUT2D eigenvalue weighted by molar-refractivity contribution is 5.82. The molecule has 10 nitrogen and oxygen atoms in total. The summed E-state index contributed by atoms with van der Waals surface area (Å²) in [5.41, 5.74) is 1.92. The largest absolute Gasteiger partial charge is 0.368 e. The molecule has 0 radical (unpaired) electrons. The topological polar surface area (TPSA) is 107 Å². The molecule has 4 heterocycles. The second-order valence-electron chi connectivity index (χ2n) is 9.08. The molecule has 0 aromatic carbocycles. The second kappa shape index (κ2) is 11.1. The van der Waals surface area contributed by atoms with E-state index in [9.17, 15) is 9.59 Å². The molecule has 184 valence electrons. The Balaban J connectivity index is 0.00000141. The Morgan fingerprint density at radius 2 is 1.91 bits per heavy atom. The average molecular weight is 477 g/mol. The van der Waals surface area contributed by atoms with Gasteiger partial charge in [-0.25, -0.2) is 9.97 Å². The van der Waals surface area contributed by atoms with Crippen molar-refractivity contribution >= 4 is 35.6 Å². The zero-order valence-electron chi connectivity index (χ0n) is 20.1. The zero-order chi connectivity index (χ0) is 24.8. The number of carbonyl (C=O) groups excluding carboxylic acids is 2. The number of hydrogen-bond donors (Lipinski definition) is 2. The van der Waals surface area contributed by atoms with Gasteiger partial charge in [0, 0.05) is 56.4 Å². The summed E-state index contributed by atoms with van der Waals surface area (Å²) in [6.45, 7) is 4.75. The lowest BCUT2D eigenvalue weighted by molar-refractivity contribution is -0.122. The number of amides is 2. The number of anilines is 4. The number of rotatable bonds is 8. The molecule has 1 aliphatic carbocycles. The Morgan fingerprint density at radius 3 is 2.51 bits per heavy atom. The number of pyridine rings is 1. The van der Waals surface area contributed by atoms with Crippen LogP contribution in [0.15, 0.2) is 24.5 Å². The molecule has 2 saturated heterocycles. The van der Waals surface area contributed by atoms with E-state index in [0.717, 1.165) is 63.1 Å². The van der Waals surface area contributed by atoms with Crippen LogP contribution in [0.25, 0.3) is 0 Å². The van der Waals surface area contributed by atoms with E-state index in [4.69, 9.17) is 0 Å². The van der Waals surface area contributed by atoms with Gasteiger partial charge in [0.2, 0.25) is 18.3 Å². The number of terminal acetylenes is 1. The molecule has 1 saturated carbocycles. The first-order valence-electron chi connectivity index (χ1n) is 12.0. The molecule has 0 bridgehead atoms. The number of hydrogen-bond acceptors (Lipinski definition) is 8. The smallest absolute Gasteiger partial charge is 0.230 e. The molecule has 2 amide bonds. The molecule has 2 aromatic rings. The van der Waals surface area contributed by atoms with Gasteiger partial charge in [0.05, 0.1) is 11.9 Å². The first-order chi connectivity index (χ1) is 17.1. The lowest BCUT2D eigenvalue weighted by atomic mass is 9.99. The molecular formula is C25H32N8O2. The highest BCUT2D eigenvalue weighted by atomic mass is 16.2. The molecule has 0 spiro atoms. The zero-order valence-corrected chi connectivity index (χ0v) is 20.1. The lowest BCUT2D eigenvalue weighted by Gasteiger charge is -2.33. The quantitative estimate of drug-likeness (QED) is 0.435. The number of nitrogens with one attached hydrogen (secondary N) is 2. The molecule has 2 aromatic heterocycles. The minimum Gasteiger partial charge on any atom is -0.368 e. The fourth-order valence-corrected chi connectivity index (χ4v) is 4.42. The van der Waals surface area contributed by atoms with Gasteiger partial charge in [-0.2, -0.15) is 4.98 Å². The Kier molecular flexibility index (Phi) is 7.77. The van der Waals surface area contributed by atoms with Crippen molar-refractivity contribution in [3.63, 3.8) is 0 Å². The van der Waals surface area contributed by atoms with Crippen LogP contribution in [0.2, 0.25) is 0 Å². The van der Waals surface area contributed by atoms with Crippen molar-refractivity contribution in [3.8, 4) is 12.8 Å². The van der Waals surface area contributed by atoms with Crippen LogP contribution in [0.1, 0.15) is 24.8 Å². The van der Waals surface area contributed by atoms with Gasteiger partial charge in [0.1, 0.15) is 11.6 Å². The minimum absolute atomic E-state index is 0.0527. The van der Waals surface area contributed by atoms with Crippen molar-refractivity contribution < 1.29 is 9.59 Å². The van der Waals surface area contributed by atoms with Crippen LogP contribution in [0.4, 0.5) is 23.3 Å². The number of piperazine rings is 1. The van der Waals surface area contributed by atoms with E-state index in [0.29, 0.717) is 30.5 Å². The van der Waals surface area contributed by atoms with Crippen LogP contribution < -0.4 is 20.4 Å².